The molecule has 5 nitrogen and oxygen atoms in total. The number of amides is 1. The Morgan fingerprint density at radius 1 is 0.935 bits per heavy atom. The van der Waals surface area contributed by atoms with Gasteiger partial charge in [-0.2, -0.15) is 0 Å². The summed E-state index contributed by atoms with van der Waals surface area (Å²) in [5.41, 5.74) is 0.770. The average molecular weight is 446 g/mol. The Morgan fingerprint density at radius 3 is 2.39 bits per heavy atom. The fourth-order valence-electron chi connectivity index (χ4n) is 3.62. The van der Waals surface area contributed by atoms with Gasteiger partial charge in [0.05, 0.1) is 11.4 Å². The lowest BCUT2D eigenvalue weighted by atomic mass is 9.97. The highest BCUT2D eigenvalue weighted by molar-refractivity contribution is 7.93. The van der Waals surface area contributed by atoms with Crippen molar-refractivity contribution in [1.82, 2.24) is 0 Å². The molecule has 0 saturated heterocycles. The standard InChI is InChI=1S/C22H17F3N2O3S/c23-15-10-12-21(17(25)13-15)31(29,30)27-19-8-4-1-5-14(19)9-11-20(27)22(28)26-18-7-3-2-6-16(18)24/h1-8,10,12-13,20H,9,11H2,(H,26,28). The normalized spacial score (nSPS) is 16.0. The fourth-order valence-corrected chi connectivity index (χ4v) is 5.35. The number of benzene rings is 3. The van der Waals surface area contributed by atoms with Crippen LogP contribution in [0.5, 0.6) is 0 Å². The van der Waals surface area contributed by atoms with Crippen molar-refractivity contribution in [2.45, 2.75) is 23.8 Å². The molecule has 3 aromatic rings. The molecule has 0 spiro atoms. The van der Waals surface area contributed by atoms with Gasteiger partial charge in [-0.1, -0.05) is 30.3 Å². The van der Waals surface area contributed by atoms with E-state index in [0.717, 1.165) is 22.5 Å². The van der Waals surface area contributed by atoms with Crippen LogP contribution in [0.15, 0.2) is 71.6 Å². The summed E-state index contributed by atoms with van der Waals surface area (Å²) in [5.74, 6) is -3.63. The molecule has 31 heavy (non-hydrogen) atoms. The first-order chi connectivity index (χ1) is 14.8. The number of nitrogens with zero attached hydrogens (tertiary/aromatic N) is 1. The van der Waals surface area contributed by atoms with E-state index in [4.69, 9.17) is 0 Å². The number of sulfonamides is 1. The number of aryl methyl sites for hydroxylation is 1. The Balaban J connectivity index is 1.80. The van der Waals surface area contributed by atoms with E-state index < -0.39 is 44.3 Å². The minimum Gasteiger partial charge on any atom is -0.322 e. The second kappa shape index (κ2) is 8.07. The summed E-state index contributed by atoms with van der Waals surface area (Å²) in [6.45, 7) is 0. The minimum atomic E-state index is -4.58. The fraction of sp³-hybridized carbons (Fsp3) is 0.136. The summed E-state index contributed by atoms with van der Waals surface area (Å²) in [6, 6.07) is 12.9. The molecule has 1 amide bonds. The maximum absolute atomic E-state index is 14.4. The third-order valence-electron chi connectivity index (χ3n) is 5.06. The average Bonchev–Trinajstić information content (AvgIpc) is 2.74. The first-order valence-electron chi connectivity index (χ1n) is 9.42. The summed E-state index contributed by atoms with van der Waals surface area (Å²) in [5, 5.41) is 2.41. The van der Waals surface area contributed by atoms with Crippen molar-refractivity contribution >= 4 is 27.3 Å². The van der Waals surface area contributed by atoms with Crippen molar-refractivity contribution in [3.8, 4) is 0 Å². The summed E-state index contributed by atoms with van der Waals surface area (Å²) in [7, 11) is -4.58. The second-order valence-electron chi connectivity index (χ2n) is 7.03. The van der Waals surface area contributed by atoms with Crippen LogP contribution in [-0.4, -0.2) is 20.4 Å². The molecule has 1 atom stereocenters. The van der Waals surface area contributed by atoms with Gasteiger partial charge in [0.25, 0.3) is 10.0 Å². The second-order valence-corrected chi connectivity index (χ2v) is 8.81. The van der Waals surface area contributed by atoms with E-state index in [2.05, 4.69) is 5.32 Å². The van der Waals surface area contributed by atoms with Gasteiger partial charge in [-0.25, -0.2) is 21.6 Å². The molecule has 1 aliphatic heterocycles. The van der Waals surface area contributed by atoms with Crippen LogP contribution < -0.4 is 9.62 Å². The maximum Gasteiger partial charge on any atom is 0.267 e. The molecular weight excluding hydrogens is 429 g/mol. The van der Waals surface area contributed by atoms with Crippen LogP contribution in [0, 0.1) is 17.5 Å². The van der Waals surface area contributed by atoms with E-state index in [0.29, 0.717) is 18.1 Å². The van der Waals surface area contributed by atoms with Crippen LogP contribution in [0.2, 0.25) is 0 Å². The van der Waals surface area contributed by atoms with E-state index in [-0.39, 0.29) is 17.8 Å². The predicted molar refractivity (Wildman–Crippen MR) is 110 cm³/mol. The van der Waals surface area contributed by atoms with E-state index in [1.54, 1.807) is 18.2 Å². The first-order valence-corrected chi connectivity index (χ1v) is 10.9. The number of carbonyl (C=O) groups excluding carboxylic acids is 1. The lowest BCUT2D eigenvalue weighted by molar-refractivity contribution is -0.117. The van der Waals surface area contributed by atoms with Gasteiger partial charge in [-0.15, -0.1) is 0 Å². The van der Waals surface area contributed by atoms with Gasteiger partial charge in [-0.05, 0) is 48.7 Å². The topological polar surface area (TPSA) is 66.5 Å². The third kappa shape index (κ3) is 3.88. The van der Waals surface area contributed by atoms with Crippen molar-refractivity contribution < 1.29 is 26.4 Å². The van der Waals surface area contributed by atoms with Gasteiger partial charge in [0.15, 0.2) is 0 Å². The lowest BCUT2D eigenvalue weighted by Crippen LogP contribution is -2.50. The third-order valence-corrected chi connectivity index (χ3v) is 6.92. The molecule has 1 aliphatic rings. The van der Waals surface area contributed by atoms with Gasteiger partial charge in [-0.3, -0.25) is 9.10 Å². The summed E-state index contributed by atoms with van der Waals surface area (Å²) in [4.78, 5) is 12.3. The van der Waals surface area contributed by atoms with E-state index in [1.165, 1.54) is 24.3 Å². The number of fused-ring (bicyclic) bond motifs is 1. The first kappa shape index (κ1) is 20.9. The molecule has 0 fully saturated rings. The van der Waals surface area contributed by atoms with Crippen LogP contribution in [0.1, 0.15) is 12.0 Å². The Morgan fingerprint density at radius 2 is 1.65 bits per heavy atom. The molecule has 3 aromatic carbocycles. The number of carbonyl (C=O) groups is 1. The van der Waals surface area contributed by atoms with Gasteiger partial charge < -0.3 is 5.32 Å². The summed E-state index contributed by atoms with van der Waals surface area (Å²) >= 11 is 0. The molecule has 9 heteroatoms. The Kier molecular flexibility index (Phi) is 5.45. The maximum atomic E-state index is 14.4. The number of hydrogen-bond donors (Lipinski definition) is 1. The number of para-hydroxylation sites is 2. The summed E-state index contributed by atoms with van der Waals surface area (Å²) < 4.78 is 69.5. The molecule has 0 bridgehead atoms. The number of halogens is 3. The number of anilines is 2. The van der Waals surface area contributed by atoms with E-state index >= 15 is 0 Å². The van der Waals surface area contributed by atoms with Gasteiger partial charge in [0.1, 0.15) is 28.4 Å². The molecule has 1 unspecified atom stereocenters. The van der Waals surface area contributed by atoms with Crippen LogP contribution in [-0.2, 0) is 21.2 Å². The van der Waals surface area contributed by atoms with Crippen molar-refractivity contribution in [2.75, 3.05) is 9.62 Å². The SMILES string of the molecule is O=C(Nc1ccccc1F)C1CCc2ccccc2N1S(=O)(=O)c1ccc(F)cc1F. The highest BCUT2D eigenvalue weighted by Crippen LogP contribution is 2.36. The van der Waals surface area contributed by atoms with Crippen molar-refractivity contribution in [3.05, 3.63) is 89.7 Å². The largest absolute Gasteiger partial charge is 0.322 e. The number of rotatable bonds is 4. The van der Waals surface area contributed by atoms with Gasteiger partial charge in [0, 0.05) is 6.07 Å². The Hall–Kier alpha value is -3.33. The minimum absolute atomic E-state index is 0.0966. The van der Waals surface area contributed by atoms with Crippen LogP contribution in [0.4, 0.5) is 24.5 Å². The molecule has 160 valence electrons. The number of nitrogens with one attached hydrogen (secondary N) is 1. The highest BCUT2D eigenvalue weighted by Gasteiger charge is 2.41. The van der Waals surface area contributed by atoms with Crippen molar-refractivity contribution in [3.63, 3.8) is 0 Å². The molecule has 4 rings (SSSR count). The summed E-state index contributed by atoms with van der Waals surface area (Å²) in [6.07, 6.45) is 0.489. The zero-order valence-corrected chi connectivity index (χ0v) is 16.9. The van der Waals surface area contributed by atoms with Gasteiger partial charge >= 0.3 is 0 Å². The zero-order chi connectivity index (χ0) is 22.2. The smallest absolute Gasteiger partial charge is 0.267 e. The molecule has 1 heterocycles. The van der Waals surface area contributed by atoms with Gasteiger partial charge in [0.2, 0.25) is 5.91 Å². The van der Waals surface area contributed by atoms with Crippen molar-refractivity contribution in [2.24, 2.45) is 0 Å². The quantitative estimate of drug-likeness (QED) is 0.652. The lowest BCUT2D eigenvalue weighted by Gasteiger charge is -2.37. The molecule has 0 aliphatic carbocycles. The predicted octanol–water partition coefficient (Wildman–Crippen LogP) is 4.25. The Bertz CT molecular complexity index is 1260. The van der Waals surface area contributed by atoms with Crippen LogP contribution >= 0.6 is 0 Å². The van der Waals surface area contributed by atoms with Crippen molar-refractivity contribution in [1.29, 1.82) is 0 Å². The van der Waals surface area contributed by atoms with Crippen LogP contribution in [0.3, 0.4) is 0 Å². The Labute approximate surface area is 177 Å². The molecule has 0 aromatic heterocycles. The van der Waals surface area contributed by atoms with E-state index in [9.17, 15) is 26.4 Å². The molecule has 0 saturated carbocycles. The highest BCUT2D eigenvalue weighted by atomic mass is 32.2. The molecule has 1 N–H and O–H groups in total. The molecular formula is C22H17F3N2O3S. The zero-order valence-electron chi connectivity index (χ0n) is 16.1. The van der Waals surface area contributed by atoms with Crippen LogP contribution in [0.25, 0.3) is 0 Å². The molecule has 0 radical (unpaired) electrons. The van der Waals surface area contributed by atoms with E-state index in [1.807, 2.05) is 0 Å². The monoisotopic (exact) mass is 446 g/mol. The number of hydrogen-bond acceptors (Lipinski definition) is 3.